The zero-order chi connectivity index (χ0) is 10.7. The van der Waals surface area contributed by atoms with E-state index >= 15 is 0 Å². The van der Waals surface area contributed by atoms with E-state index in [1.54, 1.807) is 0 Å². The number of thiophene rings is 1. The first-order chi connectivity index (χ1) is 7.28. The monoisotopic (exact) mass is 225 g/mol. The summed E-state index contributed by atoms with van der Waals surface area (Å²) in [6, 6.07) is 4.41. The molecule has 1 saturated heterocycles. The van der Waals surface area contributed by atoms with Gasteiger partial charge in [0.2, 0.25) is 0 Å². The van der Waals surface area contributed by atoms with Crippen LogP contribution in [0.1, 0.15) is 22.6 Å². The van der Waals surface area contributed by atoms with Crippen LogP contribution >= 0.6 is 11.3 Å². The molecule has 2 rings (SSSR count). The van der Waals surface area contributed by atoms with E-state index in [4.69, 9.17) is 5.11 Å². The van der Waals surface area contributed by atoms with E-state index < -0.39 is 0 Å². The number of aryl methyl sites for hydroxylation is 1. The maximum Gasteiger partial charge on any atom is 0.0471 e. The fourth-order valence-corrected chi connectivity index (χ4v) is 3.17. The lowest BCUT2D eigenvalue weighted by Gasteiger charge is -2.31. The predicted octanol–water partition coefficient (Wildman–Crippen LogP) is 2.26. The maximum absolute atomic E-state index is 9.15. The minimum atomic E-state index is 0.347. The van der Waals surface area contributed by atoms with Crippen molar-refractivity contribution in [3.05, 3.63) is 21.9 Å². The Morgan fingerprint density at radius 3 is 3.07 bits per heavy atom. The van der Waals surface area contributed by atoms with Crippen LogP contribution in [0.3, 0.4) is 0 Å². The first-order valence-electron chi connectivity index (χ1n) is 5.66. The third kappa shape index (κ3) is 3.03. The Morgan fingerprint density at radius 1 is 1.53 bits per heavy atom. The van der Waals surface area contributed by atoms with Crippen molar-refractivity contribution in [3.8, 4) is 0 Å². The highest BCUT2D eigenvalue weighted by molar-refractivity contribution is 7.11. The third-order valence-corrected chi connectivity index (χ3v) is 4.02. The summed E-state index contributed by atoms with van der Waals surface area (Å²) in [4.78, 5) is 5.31. The van der Waals surface area contributed by atoms with Gasteiger partial charge in [-0.25, -0.2) is 0 Å². The Hall–Kier alpha value is -0.380. The van der Waals surface area contributed by atoms with Crippen LogP contribution in [0.4, 0.5) is 0 Å². The zero-order valence-electron chi connectivity index (χ0n) is 9.28. The highest BCUT2D eigenvalue weighted by atomic mass is 32.1. The molecule has 1 aliphatic heterocycles. The second kappa shape index (κ2) is 5.10. The molecular formula is C12H19NOS. The molecule has 1 aromatic heterocycles. The van der Waals surface area contributed by atoms with Crippen LogP contribution < -0.4 is 0 Å². The van der Waals surface area contributed by atoms with Gasteiger partial charge in [-0.3, -0.25) is 4.90 Å². The largest absolute Gasteiger partial charge is 0.396 e. The van der Waals surface area contributed by atoms with Crippen molar-refractivity contribution in [2.75, 3.05) is 19.7 Å². The van der Waals surface area contributed by atoms with Crippen molar-refractivity contribution >= 4 is 11.3 Å². The average Bonchev–Trinajstić information content (AvgIpc) is 2.64. The highest BCUT2D eigenvalue weighted by Crippen LogP contribution is 2.21. The number of nitrogens with zero attached hydrogens (tertiary/aromatic N) is 1. The molecule has 1 aromatic rings. The van der Waals surface area contributed by atoms with Crippen molar-refractivity contribution in [2.45, 2.75) is 26.3 Å². The van der Waals surface area contributed by atoms with E-state index in [-0.39, 0.29) is 0 Å². The SMILES string of the molecule is Cc1ccc(CN2CCC[C@@H](CO)C2)s1. The maximum atomic E-state index is 9.15. The molecule has 1 aliphatic rings. The number of rotatable bonds is 3. The van der Waals surface area contributed by atoms with Crippen molar-refractivity contribution in [1.82, 2.24) is 4.90 Å². The molecule has 1 N–H and O–H groups in total. The summed E-state index contributed by atoms with van der Waals surface area (Å²) >= 11 is 1.89. The van der Waals surface area contributed by atoms with Gasteiger partial charge in [-0.05, 0) is 44.4 Å². The van der Waals surface area contributed by atoms with Gasteiger partial charge in [0.1, 0.15) is 0 Å². The molecule has 1 atom stereocenters. The van der Waals surface area contributed by atoms with Gasteiger partial charge in [-0.1, -0.05) is 0 Å². The third-order valence-electron chi connectivity index (χ3n) is 3.04. The fraction of sp³-hybridized carbons (Fsp3) is 0.667. The van der Waals surface area contributed by atoms with Gasteiger partial charge >= 0.3 is 0 Å². The summed E-state index contributed by atoms with van der Waals surface area (Å²) in [5, 5.41) is 9.15. The lowest BCUT2D eigenvalue weighted by atomic mass is 9.99. The molecule has 0 spiro atoms. The van der Waals surface area contributed by atoms with E-state index in [2.05, 4.69) is 24.0 Å². The standard InChI is InChI=1S/C12H19NOS/c1-10-4-5-12(15-10)8-13-6-2-3-11(7-13)9-14/h4-5,11,14H,2-3,6-9H2,1H3/t11-/m1/s1. The molecule has 0 aromatic carbocycles. The van der Waals surface area contributed by atoms with E-state index in [0.29, 0.717) is 12.5 Å². The van der Waals surface area contributed by atoms with E-state index in [0.717, 1.165) is 13.1 Å². The second-order valence-corrected chi connectivity index (χ2v) is 5.81. The lowest BCUT2D eigenvalue weighted by molar-refractivity contribution is 0.116. The molecule has 0 unspecified atom stereocenters. The Balaban J connectivity index is 1.88. The Morgan fingerprint density at radius 2 is 2.40 bits per heavy atom. The van der Waals surface area contributed by atoms with E-state index in [1.165, 1.54) is 29.1 Å². The zero-order valence-corrected chi connectivity index (χ0v) is 10.1. The molecule has 3 heteroatoms. The molecule has 2 heterocycles. The van der Waals surface area contributed by atoms with Crippen molar-refractivity contribution in [1.29, 1.82) is 0 Å². The van der Waals surface area contributed by atoms with Gasteiger partial charge in [-0.2, -0.15) is 0 Å². The van der Waals surface area contributed by atoms with Crippen LogP contribution in [-0.4, -0.2) is 29.7 Å². The topological polar surface area (TPSA) is 23.5 Å². The first kappa shape index (κ1) is 11.1. The van der Waals surface area contributed by atoms with E-state index in [1.807, 2.05) is 11.3 Å². The number of hydrogen-bond donors (Lipinski definition) is 1. The summed E-state index contributed by atoms with van der Waals surface area (Å²) in [7, 11) is 0. The number of aliphatic hydroxyl groups excluding tert-OH is 1. The molecule has 2 nitrogen and oxygen atoms in total. The first-order valence-corrected chi connectivity index (χ1v) is 6.48. The van der Waals surface area contributed by atoms with E-state index in [9.17, 15) is 0 Å². The molecule has 15 heavy (non-hydrogen) atoms. The highest BCUT2D eigenvalue weighted by Gasteiger charge is 2.19. The fourth-order valence-electron chi connectivity index (χ4n) is 2.23. The van der Waals surface area contributed by atoms with Gasteiger partial charge in [-0.15, -0.1) is 11.3 Å². The predicted molar refractivity (Wildman–Crippen MR) is 64.1 cm³/mol. The molecule has 0 radical (unpaired) electrons. The molecule has 1 fully saturated rings. The van der Waals surface area contributed by atoms with Gasteiger partial charge in [0.05, 0.1) is 0 Å². The normalized spacial score (nSPS) is 23.2. The Labute approximate surface area is 95.5 Å². The summed E-state index contributed by atoms with van der Waals surface area (Å²) < 4.78 is 0. The minimum Gasteiger partial charge on any atom is -0.396 e. The quantitative estimate of drug-likeness (QED) is 0.853. The molecule has 0 saturated carbocycles. The van der Waals surface area contributed by atoms with Crippen LogP contribution in [0.25, 0.3) is 0 Å². The van der Waals surface area contributed by atoms with Crippen molar-refractivity contribution in [3.63, 3.8) is 0 Å². The number of piperidine rings is 1. The van der Waals surface area contributed by atoms with Crippen molar-refractivity contribution < 1.29 is 5.11 Å². The number of likely N-dealkylation sites (tertiary alicyclic amines) is 1. The van der Waals surface area contributed by atoms with Gasteiger partial charge in [0.15, 0.2) is 0 Å². The molecule has 0 aliphatic carbocycles. The van der Waals surface area contributed by atoms with Crippen LogP contribution in [0.2, 0.25) is 0 Å². The smallest absolute Gasteiger partial charge is 0.0471 e. The number of hydrogen-bond acceptors (Lipinski definition) is 3. The molecule has 84 valence electrons. The van der Waals surface area contributed by atoms with Crippen LogP contribution in [0.15, 0.2) is 12.1 Å². The molecule has 0 amide bonds. The van der Waals surface area contributed by atoms with Crippen molar-refractivity contribution in [2.24, 2.45) is 5.92 Å². The minimum absolute atomic E-state index is 0.347. The van der Waals surface area contributed by atoms with Crippen LogP contribution in [0.5, 0.6) is 0 Å². The molecular weight excluding hydrogens is 206 g/mol. The lowest BCUT2D eigenvalue weighted by Crippen LogP contribution is -2.36. The van der Waals surface area contributed by atoms with Gasteiger partial charge < -0.3 is 5.11 Å². The summed E-state index contributed by atoms with van der Waals surface area (Å²) in [5.41, 5.74) is 0. The number of aliphatic hydroxyl groups is 1. The summed E-state index contributed by atoms with van der Waals surface area (Å²) in [6.07, 6.45) is 2.42. The Kier molecular flexibility index (Phi) is 3.78. The van der Waals surface area contributed by atoms with Gasteiger partial charge in [0.25, 0.3) is 0 Å². The van der Waals surface area contributed by atoms with Crippen LogP contribution in [0, 0.1) is 12.8 Å². The average molecular weight is 225 g/mol. The summed E-state index contributed by atoms with van der Waals surface area (Å²) in [5.74, 6) is 0.500. The van der Waals surface area contributed by atoms with Crippen LogP contribution in [-0.2, 0) is 6.54 Å². The second-order valence-electron chi connectivity index (χ2n) is 4.44. The Bertz CT molecular complexity index is 310. The van der Waals surface area contributed by atoms with Gasteiger partial charge in [0, 0.05) is 29.5 Å². The summed E-state index contributed by atoms with van der Waals surface area (Å²) in [6.45, 7) is 5.82. The molecule has 0 bridgehead atoms.